The largest absolute Gasteiger partial charge is 0.494 e. The summed E-state index contributed by atoms with van der Waals surface area (Å²) in [6.45, 7) is 4.74. The number of aliphatic hydroxyl groups excluding tert-OH is 1. The van der Waals surface area contributed by atoms with Crippen molar-refractivity contribution < 1.29 is 28.5 Å². The molecule has 1 fully saturated rings. The van der Waals surface area contributed by atoms with Gasteiger partial charge in [0.25, 0.3) is 0 Å². The number of nitrogens with zero attached hydrogens (tertiary/aromatic N) is 4. The number of piperidine rings is 1. The average Bonchev–Trinajstić information content (AvgIpc) is 3.37. The van der Waals surface area contributed by atoms with E-state index >= 15 is 0 Å². The molecule has 3 heterocycles. The van der Waals surface area contributed by atoms with E-state index in [0.29, 0.717) is 30.3 Å². The van der Waals surface area contributed by atoms with Crippen LogP contribution in [0.2, 0.25) is 0 Å². The Morgan fingerprint density at radius 3 is 2.72 bits per heavy atom. The number of carbonyl (C=O) groups excluding carboxylic acids is 1. The molecule has 9 nitrogen and oxygen atoms in total. The van der Waals surface area contributed by atoms with Gasteiger partial charge in [-0.25, -0.2) is 0 Å². The highest BCUT2D eigenvalue weighted by Gasteiger charge is 2.28. The monoisotopic (exact) mass is 532 g/mol. The zero-order valence-corrected chi connectivity index (χ0v) is 21.5. The second-order valence-corrected chi connectivity index (χ2v) is 9.08. The van der Waals surface area contributed by atoms with Crippen LogP contribution in [0.4, 0.5) is 4.39 Å². The predicted molar refractivity (Wildman–Crippen MR) is 144 cm³/mol. The van der Waals surface area contributed by atoms with E-state index in [9.17, 15) is 14.3 Å². The molecule has 2 aromatic heterocycles. The Bertz CT molecular complexity index is 1490. The number of ether oxygens (including phenoxy) is 3. The summed E-state index contributed by atoms with van der Waals surface area (Å²) in [6.07, 6.45) is 6.32. The molecule has 0 bridgehead atoms. The molecule has 1 amide bonds. The molecule has 4 aromatic rings. The van der Waals surface area contributed by atoms with Crippen molar-refractivity contribution in [3.8, 4) is 34.3 Å². The number of fused-ring (bicyclic) bond motifs is 1. The van der Waals surface area contributed by atoms with E-state index < -0.39 is 5.82 Å². The predicted octanol–water partition coefficient (Wildman–Crippen LogP) is 4.76. The molecule has 5 rings (SSSR count). The maximum absolute atomic E-state index is 14.6. The summed E-state index contributed by atoms with van der Waals surface area (Å²) in [5.41, 5.74) is 2.22. The number of carbonyl (C=O) groups is 1. The van der Waals surface area contributed by atoms with Crippen molar-refractivity contribution in [3.05, 3.63) is 73.3 Å². The third-order valence-electron chi connectivity index (χ3n) is 6.66. The Balaban J connectivity index is 1.51. The number of amides is 1. The Morgan fingerprint density at radius 1 is 1.18 bits per heavy atom. The second-order valence-electron chi connectivity index (χ2n) is 9.08. The molecule has 1 N–H and O–H groups in total. The van der Waals surface area contributed by atoms with Crippen LogP contribution in [0.1, 0.15) is 18.9 Å². The molecule has 1 aliphatic rings. The van der Waals surface area contributed by atoms with Gasteiger partial charge in [-0.3, -0.25) is 14.5 Å². The van der Waals surface area contributed by atoms with Gasteiger partial charge in [0.1, 0.15) is 23.6 Å². The van der Waals surface area contributed by atoms with Crippen LogP contribution < -0.4 is 14.2 Å². The van der Waals surface area contributed by atoms with E-state index in [1.165, 1.54) is 25.3 Å². The number of rotatable bonds is 9. The minimum Gasteiger partial charge on any atom is -0.494 e. The Morgan fingerprint density at radius 2 is 1.97 bits per heavy atom. The molecule has 10 heteroatoms. The molecular formula is C29H29FN4O5. The van der Waals surface area contributed by atoms with Gasteiger partial charge in [0.05, 0.1) is 31.3 Å². The first-order valence-corrected chi connectivity index (χ1v) is 12.7. The van der Waals surface area contributed by atoms with E-state index in [4.69, 9.17) is 19.3 Å². The fourth-order valence-corrected chi connectivity index (χ4v) is 4.81. The molecule has 0 saturated carbocycles. The zero-order valence-electron chi connectivity index (χ0n) is 21.5. The van der Waals surface area contributed by atoms with Crippen molar-refractivity contribution in [3.63, 3.8) is 0 Å². The lowest BCUT2D eigenvalue weighted by atomic mass is 10.1. The van der Waals surface area contributed by atoms with Crippen LogP contribution in [0.3, 0.4) is 0 Å². The molecule has 0 spiro atoms. The second kappa shape index (κ2) is 11.5. The van der Waals surface area contributed by atoms with Crippen LogP contribution in [0, 0.1) is 5.82 Å². The highest BCUT2D eigenvalue weighted by molar-refractivity contribution is 5.96. The lowest BCUT2D eigenvalue weighted by molar-refractivity contribution is -0.127. The van der Waals surface area contributed by atoms with E-state index in [-0.39, 0.29) is 36.7 Å². The third kappa shape index (κ3) is 5.28. The number of likely N-dealkylation sites (tertiary alicyclic amines) is 1. The fraction of sp³-hybridized carbons (Fsp3) is 0.276. The average molecular weight is 533 g/mol. The van der Waals surface area contributed by atoms with Gasteiger partial charge in [0.15, 0.2) is 17.2 Å². The number of hydrogen-bond acceptors (Lipinski definition) is 7. The van der Waals surface area contributed by atoms with Crippen molar-refractivity contribution in [2.45, 2.75) is 18.9 Å². The number of benzene rings is 2. The van der Waals surface area contributed by atoms with Crippen molar-refractivity contribution in [1.29, 1.82) is 0 Å². The number of aromatic nitrogens is 3. The number of halogens is 1. The molecule has 1 saturated heterocycles. The summed E-state index contributed by atoms with van der Waals surface area (Å²) in [5, 5.41) is 15.1. The van der Waals surface area contributed by atoms with Gasteiger partial charge in [-0.05, 0) is 55.3 Å². The molecule has 0 radical (unpaired) electrons. The summed E-state index contributed by atoms with van der Waals surface area (Å²) >= 11 is 0. The fourth-order valence-electron chi connectivity index (χ4n) is 4.81. The van der Waals surface area contributed by atoms with E-state index in [0.717, 1.165) is 29.3 Å². The number of aliphatic hydroxyl groups is 1. The van der Waals surface area contributed by atoms with Gasteiger partial charge in [0.2, 0.25) is 11.7 Å². The minimum atomic E-state index is -0.577. The van der Waals surface area contributed by atoms with Crippen molar-refractivity contribution >= 4 is 16.8 Å². The standard InChI is InChI=1S/C29H29FN4O5/c1-3-26(36)33-13-5-6-20(18-33)34-29-22(16-31-17-25(29)38-15-14-35)28(32-34)19-9-11-21(12-10-19)39-24-8-4-7-23(37-2)27(24)30/h3-4,7-12,16-17,20,35H,1,5-6,13-15,18H2,2H3/t20-/m1/s1. The highest BCUT2D eigenvalue weighted by atomic mass is 19.1. The maximum Gasteiger partial charge on any atom is 0.246 e. The number of pyridine rings is 1. The summed E-state index contributed by atoms with van der Waals surface area (Å²) in [4.78, 5) is 18.5. The van der Waals surface area contributed by atoms with Gasteiger partial charge in [-0.15, -0.1) is 0 Å². The molecule has 2 aromatic carbocycles. The van der Waals surface area contributed by atoms with Crippen molar-refractivity contribution in [1.82, 2.24) is 19.7 Å². The maximum atomic E-state index is 14.6. The first-order valence-electron chi connectivity index (χ1n) is 12.7. The molecule has 39 heavy (non-hydrogen) atoms. The molecule has 0 unspecified atom stereocenters. The van der Waals surface area contributed by atoms with Gasteiger partial charge >= 0.3 is 0 Å². The Kier molecular flexibility index (Phi) is 7.74. The van der Waals surface area contributed by atoms with Crippen LogP contribution in [0.5, 0.6) is 23.0 Å². The summed E-state index contributed by atoms with van der Waals surface area (Å²) < 4.78 is 33.1. The topological polar surface area (TPSA) is 98.9 Å². The smallest absolute Gasteiger partial charge is 0.246 e. The van der Waals surface area contributed by atoms with Crippen LogP contribution in [0.15, 0.2) is 67.5 Å². The molecule has 1 aliphatic heterocycles. The number of hydrogen-bond donors (Lipinski definition) is 1. The van der Waals surface area contributed by atoms with Gasteiger partial charge in [-0.2, -0.15) is 9.49 Å². The molecule has 1 atom stereocenters. The molecule has 0 aliphatic carbocycles. The van der Waals surface area contributed by atoms with Gasteiger partial charge in [0, 0.05) is 24.8 Å². The highest BCUT2D eigenvalue weighted by Crippen LogP contribution is 2.37. The van der Waals surface area contributed by atoms with Crippen LogP contribution in [-0.4, -0.2) is 64.1 Å². The normalized spacial score (nSPS) is 15.3. The van der Waals surface area contributed by atoms with Crippen LogP contribution >= 0.6 is 0 Å². The van der Waals surface area contributed by atoms with E-state index in [2.05, 4.69) is 11.6 Å². The summed E-state index contributed by atoms with van der Waals surface area (Å²) in [6, 6.07) is 11.8. The van der Waals surface area contributed by atoms with E-state index in [1.807, 2.05) is 16.8 Å². The Hall–Kier alpha value is -4.44. The van der Waals surface area contributed by atoms with Gasteiger partial charge < -0.3 is 24.2 Å². The lowest BCUT2D eigenvalue weighted by Crippen LogP contribution is -2.40. The Labute approximate surface area is 225 Å². The first-order chi connectivity index (χ1) is 19.0. The molecular weight excluding hydrogens is 503 g/mol. The first kappa shape index (κ1) is 26.2. The lowest BCUT2D eigenvalue weighted by Gasteiger charge is -2.32. The minimum absolute atomic E-state index is 0.0580. The SMILES string of the molecule is C=CC(=O)N1CCC[C@@H](n2nc(-c3ccc(Oc4cccc(OC)c4F)cc3)c3cncc(OCCO)c32)C1. The molecule has 202 valence electrons. The quantitative estimate of drug-likeness (QED) is 0.310. The van der Waals surface area contributed by atoms with Crippen molar-refractivity contribution in [2.24, 2.45) is 0 Å². The summed E-state index contributed by atoms with van der Waals surface area (Å²) in [5.74, 6) is 0.419. The van der Waals surface area contributed by atoms with Gasteiger partial charge in [-0.1, -0.05) is 12.6 Å². The van der Waals surface area contributed by atoms with E-state index in [1.54, 1.807) is 35.5 Å². The van der Waals surface area contributed by atoms with Crippen LogP contribution in [0.25, 0.3) is 22.2 Å². The third-order valence-corrected chi connectivity index (χ3v) is 6.66. The number of methoxy groups -OCH3 is 1. The van der Waals surface area contributed by atoms with Crippen LogP contribution in [-0.2, 0) is 4.79 Å². The summed E-state index contributed by atoms with van der Waals surface area (Å²) in [7, 11) is 1.40. The van der Waals surface area contributed by atoms with Crippen molar-refractivity contribution in [2.75, 3.05) is 33.4 Å². The zero-order chi connectivity index (χ0) is 27.4.